The van der Waals surface area contributed by atoms with Gasteiger partial charge in [-0.05, 0) is 52.1 Å². The monoisotopic (exact) mass is 517 g/mol. The molecule has 0 aliphatic carbocycles. The van der Waals surface area contributed by atoms with E-state index in [0.29, 0.717) is 26.7 Å². The van der Waals surface area contributed by atoms with Gasteiger partial charge in [0.05, 0.1) is 5.02 Å². The number of fused-ring (bicyclic) bond motifs is 2. The molecule has 1 aliphatic rings. The van der Waals surface area contributed by atoms with Crippen LogP contribution in [0.25, 0.3) is 32.8 Å². The van der Waals surface area contributed by atoms with Crippen molar-refractivity contribution in [3.8, 4) is 16.9 Å². The van der Waals surface area contributed by atoms with Crippen LogP contribution in [-0.4, -0.2) is 52.4 Å². The first-order valence-corrected chi connectivity index (χ1v) is 11.9. The van der Waals surface area contributed by atoms with Crippen molar-refractivity contribution < 1.29 is 23.1 Å². The number of rotatable bonds is 4. The average Bonchev–Trinajstić information content (AvgIpc) is 3.26. The highest BCUT2D eigenvalue weighted by Gasteiger charge is 2.37. The van der Waals surface area contributed by atoms with Gasteiger partial charge in [-0.1, -0.05) is 42.4 Å². The number of aromatic hydroxyl groups is 1. The summed E-state index contributed by atoms with van der Waals surface area (Å²) in [6.45, 7) is 3.58. The molecule has 1 unspecified atom stereocenters. The predicted molar refractivity (Wildman–Crippen MR) is 133 cm³/mol. The number of phenolic OH excluding ortho intramolecular Hbond substituents is 1. The van der Waals surface area contributed by atoms with Crippen molar-refractivity contribution in [3.63, 3.8) is 0 Å². The highest BCUT2D eigenvalue weighted by molar-refractivity contribution is 7.11. The standard InChI is InChI=1S/C25H19ClF3N3O2S/c1-2-20(34)31-7-8-32(19(12-31)24(28)29)25-17-11-18(26)21(22(27)23(17)30-35-25)16-10-14(33)9-13-5-3-4-6-15(13)16/h2-6,9-11,19,24,33H,1,7-8,12H2. The molecule has 3 aromatic carbocycles. The van der Waals surface area contributed by atoms with Crippen molar-refractivity contribution >= 4 is 55.7 Å². The number of amides is 1. The lowest BCUT2D eigenvalue weighted by atomic mass is 9.96. The minimum atomic E-state index is -2.74. The lowest BCUT2D eigenvalue weighted by molar-refractivity contribution is -0.127. The van der Waals surface area contributed by atoms with Crippen LogP contribution in [0.1, 0.15) is 0 Å². The number of carbonyl (C=O) groups excluding carboxylic acids is 1. The Kier molecular flexibility index (Phi) is 6.06. The molecule has 1 saturated heterocycles. The SMILES string of the molecule is C=CC(=O)N1CCN(c2snc3c(F)c(-c4cc(O)cc5ccccc45)c(Cl)cc23)C(C(F)F)C1. The molecule has 0 bridgehead atoms. The molecule has 10 heteroatoms. The number of aromatic nitrogens is 1. The summed E-state index contributed by atoms with van der Waals surface area (Å²) in [5.41, 5.74) is 0.492. The van der Waals surface area contributed by atoms with Gasteiger partial charge in [0.25, 0.3) is 6.43 Å². The normalized spacial score (nSPS) is 16.4. The Hall–Kier alpha value is -3.30. The van der Waals surface area contributed by atoms with Crippen molar-refractivity contribution in [1.29, 1.82) is 0 Å². The molecule has 5 nitrogen and oxygen atoms in total. The van der Waals surface area contributed by atoms with E-state index >= 15 is 4.39 Å². The van der Waals surface area contributed by atoms with Crippen molar-refractivity contribution in [3.05, 3.63) is 66.0 Å². The van der Waals surface area contributed by atoms with E-state index < -0.39 is 24.2 Å². The zero-order valence-electron chi connectivity index (χ0n) is 18.2. The molecule has 4 aromatic rings. The zero-order valence-corrected chi connectivity index (χ0v) is 19.8. The molecule has 35 heavy (non-hydrogen) atoms. The van der Waals surface area contributed by atoms with E-state index in [1.807, 2.05) is 0 Å². The highest BCUT2D eigenvalue weighted by Crippen LogP contribution is 2.44. The molecule has 180 valence electrons. The van der Waals surface area contributed by atoms with E-state index in [1.165, 1.54) is 21.9 Å². The first-order valence-electron chi connectivity index (χ1n) is 10.8. The van der Waals surface area contributed by atoms with Gasteiger partial charge >= 0.3 is 0 Å². The molecule has 1 amide bonds. The maximum absolute atomic E-state index is 15.9. The Morgan fingerprint density at radius 3 is 2.74 bits per heavy atom. The molecule has 1 atom stereocenters. The Morgan fingerprint density at radius 1 is 1.23 bits per heavy atom. The van der Waals surface area contributed by atoms with E-state index in [9.17, 15) is 18.7 Å². The molecular weight excluding hydrogens is 499 g/mol. The van der Waals surface area contributed by atoms with Gasteiger partial charge in [0.15, 0.2) is 5.82 Å². The molecule has 1 aliphatic heterocycles. The number of halogens is 4. The highest BCUT2D eigenvalue weighted by atomic mass is 35.5. The van der Waals surface area contributed by atoms with Gasteiger partial charge in [0.2, 0.25) is 5.91 Å². The van der Waals surface area contributed by atoms with Crippen molar-refractivity contribution in [1.82, 2.24) is 9.27 Å². The fraction of sp³-hybridized carbons (Fsp3) is 0.200. The summed E-state index contributed by atoms with van der Waals surface area (Å²) in [6.07, 6.45) is -1.65. The maximum atomic E-state index is 15.9. The summed E-state index contributed by atoms with van der Waals surface area (Å²) >= 11 is 7.48. The van der Waals surface area contributed by atoms with Crippen LogP contribution in [-0.2, 0) is 4.79 Å². The number of piperazine rings is 1. The zero-order chi connectivity index (χ0) is 24.9. The molecule has 0 saturated carbocycles. The molecule has 5 rings (SSSR count). The smallest absolute Gasteiger partial charge is 0.260 e. The molecule has 0 spiro atoms. The van der Waals surface area contributed by atoms with Crippen LogP contribution in [0.15, 0.2) is 55.1 Å². The van der Waals surface area contributed by atoms with Crippen LogP contribution >= 0.6 is 23.1 Å². The Bertz CT molecular complexity index is 1480. The number of hydrogen-bond acceptors (Lipinski definition) is 5. The van der Waals surface area contributed by atoms with Crippen LogP contribution in [0.2, 0.25) is 5.02 Å². The first kappa shape index (κ1) is 23.4. The van der Waals surface area contributed by atoms with Gasteiger partial charge in [0.1, 0.15) is 22.3 Å². The van der Waals surface area contributed by atoms with Crippen LogP contribution in [0.3, 0.4) is 0 Å². The first-order chi connectivity index (χ1) is 16.8. The third-order valence-electron chi connectivity index (χ3n) is 6.22. The fourth-order valence-electron chi connectivity index (χ4n) is 4.56. The number of nitrogens with zero attached hydrogens (tertiary/aromatic N) is 3. The Balaban J connectivity index is 1.63. The van der Waals surface area contributed by atoms with E-state index in [0.717, 1.165) is 17.6 Å². The summed E-state index contributed by atoms with van der Waals surface area (Å²) in [5, 5.41) is 12.4. The van der Waals surface area contributed by atoms with Gasteiger partial charge in [-0.15, -0.1) is 0 Å². The molecule has 1 N–H and O–H groups in total. The van der Waals surface area contributed by atoms with E-state index in [1.54, 1.807) is 30.3 Å². The number of anilines is 1. The molecule has 1 aromatic heterocycles. The van der Waals surface area contributed by atoms with Crippen molar-refractivity contribution in [2.75, 3.05) is 24.5 Å². The fourth-order valence-corrected chi connectivity index (χ4v) is 5.80. The number of alkyl halides is 2. The second kappa shape index (κ2) is 9.05. The van der Waals surface area contributed by atoms with Crippen LogP contribution in [0, 0.1) is 5.82 Å². The third kappa shape index (κ3) is 3.98. The van der Waals surface area contributed by atoms with Gasteiger partial charge in [-0.3, -0.25) is 4.79 Å². The molecule has 2 heterocycles. The number of carbonyl (C=O) groups is 1. The van der Waals surface area contributed by atoms with Crippen LogP contribution < -0.4 is 4.90 Å². The average molecular weight is 518 g/mol. The second-order valence-electron chi connectivity index (χ2n) is 8.23. The van der Waals surface area contributed by atoms with Crippen molar-refractivity contribution in [2.24, 2.45) is 0 Å². The molecule has 1 fully saturated rings. The predicted octanol–water partition coefficient (Wildman–Crippen LogP) is 6.08. The number of benzene rings is 3. The van der Waals surface area contributed by atoms with Gasteiger partial charge in [-0.25, -0.2) is 13.2 Å². The van der Waals surface area contributed by atoms with E-state index in [4.69, 9.17) is 11.6 Å². The van der Waals surface area contributed by atoms with Gasteiger partial charge in [-0.2, -0.15) is 4.37 Å². The summed E-state index contributed by atoms with van der Waals surface area (Å²) in [7, 11) is 0. The topological polar surface area (TPSA) is 56.7 Å². The lowest BCUT2D eigenvalue weighted by Crippen LogP contribution is -2.57. The summed E-state index contributed by atoms with van der Waals surface area (Å²) in [6, 6.07) is 10.5. The largest absolute Gasteiger partial charge is 0.508 e. The number of hydrogen-bond donors (Lipinski definition) is 1. The molecule has 0 radical (unpaired) electrons. The summed E-state index contributed by atoms with van der Waals surface area (Å²) in [4.78, 5) is 14.8. The van der Waals surface area contributed by atoms with Gasteiger partial charge in [0, 0.05) is 30.6 Å². The Labute approximate surface area is 207 Å². The quantitative estimate of drug-likeness (QED) is 0.333. The minimum Gasteiger partial charge on any atom is -0.508 e. The third-order valence-corrected chi connectivity index (χ3v) is 7.42. The lowest BCUT2D eigenvalue weighted by Gasteiger charge is -2.41. The summed E-state index contributed by atoms with van der Waals surface area (Å²) in [5.74, 6) is -1.15. The summed E-state index contributed by atoms with van der Waals surface area (Å²) < 4.78 is 48.1. The number of phenols is 1. The van der Waals surface area contributed by atoms with Crippen molar-refractivity contribution in [2.45, 2.75) is 12.5 Å². The minimum absolute atomic E-state index is 0.00874. The Morgan fingerprint density at radius 2 is 2.00 bits per heavy atom. The van der Waals surface area contributed by atoms with Crippen LogP contribution in [0.5, 0.6) is 5.75 Å². The van der Waals surface area contributed by atoms with E-state index in [-0.39, 0.29) is 41.5 Å². The molecular formula is C25H19ClF3N3O2S. The maximum Gasteiger partial charge on any atom is 0.260 e. The van der Waals surface area contributed by atoms with Crippen LogP contribution in [0.4, 0.5) is 18.2 Å². The van der Waals surface area contributed by atoms with E-state index in [2.05, 4.69) is 11.0 Å². The second-order valence-corrected chi connectivity index (χ2v) is 9.39. The van der Waals surface area contributed by atoms with Gasteiger partial charge < -0.3 is 14.9 Å².